The molecule has 0 aromatic carbocycles. The quantitative estimate of drug-likeness (QED) is 0.471. The first-order chi connectivity index (χ1) is 4.33. The fraction of sp³-hybridized carbons (Fsp3) is 0.667. The molecule has 2 unspecified atom stereocenters. The second-order valence-electron chi connectivity index (χ2n) is 1.76. The standard InChI is InChI=1S/C3H8N2O3S2/c4-2(3(5)6)1-10(7,8)9/h2H,1,4H2,(H2,5,6)(H,7,8,9). The van der Waals surface area contributed by atoms with Crippen molar-refractivity contribution in [2.45, 2.75) is 6.04 Å². The maximum absolute atomic E-state index is 10.4. The lowest BCUT2D eigenvalue weighted by molar-refractivity contribution is -0.118. The predicted molar refractivity (Wildman–Crippen MR) is 40.2 cm³/mol. The number of hydrogen-bond donors (Lipinski definition) is 3. The van der Waals surface area contributed by atoms with Gasteiger partial charge in [0.2, 0.25) is 5.91 Å². The lowest BCUT2D eigenvalue weighted by Gasteiger charge is -2.04. The van der Waals surface area contributed by atoms with E-state index in [-0.39, 0.29) is 0 Å². The van der Waals surface area contributed by atoms with Crippen LogP contribution in [0, 0.1) is 0 Å². The van der Waals surface area contributed by atoms with Crippen molar-refractivity contribution in [2.24, 2.45) is 11.5 Å². The van der Waals surface area contributed by atoms with Crippen molar-refractivity contribution in [3.63, 3.8) is 0 Å². The van der Waals surface area contributed by atoms with E-state index >= 15 is 0 Å². The van der Waals surface area contributed by atoms with Gasteiger partial charge in [-0.2, -0.15) is 0 Å². The zero-order valence-corrected chi connectivity index (χ0v) is 6.65. The Labute approximate surface area is 63.3 Å². The van der Waals surface area contributed by atoms with Crippen molar-refractivity contribution < 1.29 is 13.6 Å². The normalized spacial score (nSPS) is 19.4. The molecule has 0 aliphatic rings. The highest BCUT2D eigenvalue weighted by Crippen LogP contribution is 1.86. The van der Waals surface area contributed by atoms with E-state index in [0.717, 1.165) is 0 Å². The summed E-state index contributed by atoms with van der Waals surface area (Å²) in [7, 11) is -3.36. The molecule has 0 aromatic heterocycles. The van der Waals surface area contributed by atoms with Crippen LogP contribution in [-0.2, 0) is 24.8 Å². The van der Waals surface area contributed by atoms with Crippen LogP contribution in [0.1, 0.15) is 0 Å². The maximum Gasteiger partial charge on any atom is 0.235 e. The molecule has 0 heterocycles. The molecule has 7 heteroatoms. The number of carbonyl (C=O) groups excluding carboxylic acids is 1. The Bertz CT molecular complexity index is 222. The van der Waals surface area contributed by atoms with E-state index < -0.39 is 26.5 Å². The van der Waals surface area contributed by atoms with Gasteiger partial charge >= 0.3 is 0 Å². The van der Waals surface area contributed by atoms with Gasteiger partial charge < -0.3 is 16.0 Å². The molecule has 1 amide bonds. The first kappa shape index (κ1) is 9.76. The van der Waals surface area contributed by atoms with E-state index in [4.69, 9.17) is 16.0 Å². The van der Waals surface area contributed by atoms with Crippen LogP contribution in [0.3, 0.4) is 0 Å². The second kappa shape index (κ2) is 3.24. The highest BCUT2D eigenvalue weighted by molar-refractivity contribution is 8.29. The number of hydrogen-bond acceptors (Lipinski definition) is 4. The van der Waals surface area contributed by atoms with Crippen LogP contribution >= 0.6 is 0 Å². The Hall–Kier alpha value is -0.240. The smallest absolute Gasteiger partial charge is 0.235 e. The van der Waals surface area contributed by atoms with E-state index in [9.17, 15) is 9.00 Å². The van der Waals surface area contributed by atoms with Crippen molar-refractivity contribution in [1.29, 1.82) is 0 Å². The van der Waals surface area contributed by atoms with E-state index in [0.29, 0.717) is 0 Å². The molecule has 0 aliphatic carbocycles. The largest absolute Gasteiger partial charge is 0.368 e. The molecule has 0 fully saturated rings. The first-order valence-corrected chi connectivity index (χ1v) is 4.94. The van der Waals surface area contributed by atoms with Crippen molar-refractivity contribution in [1.82, 2.24) is 0 Å². The summed E-state index contributed by atoms with van der Waals surface area (Å²) < 4.78 is 18.9. The van der Waals surface area contributed by atoms with Gasteiger partial charge in [0.1, 0.15) is 8.77 Å². The summed E-state index contributed by atoms with van der Waals surface area (Å²) in [6.07, 6.45) is 0. The lowest BCUT2D eigenvalue weighted by Crippen LogP contribution is -2.41. The molecule has 0 saturated heterocycles. The van der Waals surface area contributed by atoms with E-state index in [1.165, 1.54) is 0 Å². The number of primary amides is 1. The zero-order chi connectivity index (χ0) is 8.36. The summed E-state index contributed by atoms with van der Waals surface area (Å²) in [5.74, 6) is -1.29. The van der Waals surface area contributed by atoms with Gasteiger partial charge in [-0.15, -0.1) is 0 Å². The summed E-state index contributed by atoms with van der Waals surface area (Å²) in [6, 6.07) is -1.13. The fourth-order valence-corrected chi connectivity index (χ4v) is 1.37. The van der Waals surface area contributed by atoms with E-state index in [2.05, 4.69) is 11.2 Å². The fourth-order valence-electron chi connectivity index (χ4n) is 0.309. The minimum absolute atomic E-state index is 0.461. The molecule has 60 valence electrons. The summed E-state index contributed by atoms with van der Waals surface area (Å²) in [5, 5.41) is 0. The molecule has 10 heavy (non-hydrogen) atoms. The van der Waals surface area contributed by atoms with Crippen molar-refractivity contribution in [3.8, 4) is 0 Å². The van der Waals surface area contributed by atoms with Crippen LogP contribution in [0.2, 0.25) is 0 Å². The van der Waals surface area contributed by atoms with Crippen molar-refractivity contribution in [3.05, 3.63) is 0 Å². The third kappa shape index (κ3) is 4.62. The molecule has 0 saturated carbocycles. The van der Waals surface area contributed by atoms with Crippen LogP contribution in [0.5, 0.6) is 0 Å². The van der Waals surface area contributed by atoms with Gasteiger partial charge in [0, 0.05) is 11.2 Å². The van der Waals surface area contributed by atoms with Crippen LogP contribution in [0.4, 0.5) is 0 Å². The highest BCUT2D eigenvalue weighted by atomic mass is 32.8. The molecular weight excluding hydrogens is 176 g/mol. The van der Waals surface area contributed by atoms with Gasteiger partial charge in [-0.3, -0.25) is 4.79 Å². The number of amides is 1. The monoisotopic (exact) mass is 184 g/mol. The molecule has 0 bridgehead atoms. The van der Waals surface area contributed by atoms with Crippen LogP contribution in [0.25, 0.3) is 0 Å². The lowest BCUT2D eigenvalue weighted by atomic mass is 10.4. The van der Waals surface area contributed by atoms with E-state index in [1.54, 1.807) is 0 Å². The minimum Gasteiger partial charge on any atom is -0.368 e. The first-order valence-electron chi connectivity index (χ1n) is 2.33. The Balaban J connectivity index is 4.06. The Kier molecular flexibility index (Phi) is 3.16. The summed E-state index contributed by atoms with van der Waals surface area (Å²) in [5.41, 5.74) is 9.72. The molecule has 0 aliphatic heterocycles. The molecule has 2 atom stereocenters. The van der Waals surface area contributed by atoms with E-state index in [1.807, 2.05) is 0 Å². The summed E-state index contributed by atoms with van der Waals surface area (Å²) in [4.78, 5) is 10.2. The van der Waals surface area contributed by atoms with Crippen LogP contribution in [0.15, 0.2) is 0 Å². The third-order valence-corrected chi connectivity index (χ3v) is 1.94. The van der Waals surface area contributed by atoms with Gasteiger partial charge in [-0.25, -0.2) is 4.21 Å². The van der Waals surface area contributed by atoms with Crippen LogP contribution in [-0.4, -0.2) is 26.5 Å². The summed E-state index contributed by atoms with van der Waals surface area (Å²) in [6.45, 7) is 0. The highest BCUT2D eigenvalue weighted by Gasteiger charge is 2.14. The van der Waals surface area contributed by atoms with Gasteiger partial charge in [-0.05, 0) is 0 Å². The SMILES string of the molecule is NC(=O)C(N)CS(=O)(O)=S. The molecule has 0 rings (SSSR count). The van der Waals surface area contributed by atoms with Gasteiger partial charge in [0.25, 0.3) is 0 Å². The molecule has 0 spiro atoms. The molecule has 5 nitrogen and oxygen atoms in total. The molecule has 0 radical (unpaired) electrons. The third-order valence-electron chi connectivity index (χ3n) is 0.756. The number of nitrogens with two attached hydrogens (primary N) is 2. The van der Waals surface area contributed by atoms with Crippen molar-refractivity contribution in [2.75, 3.05) is 5.75 Å². The number of rotatable bonds is 3. The Morgan fingerprint density at radius 3 is 2.30 bits per heavy atom. The van der Waals surface area contributed by atoms with Gasteiger partial charge in [0.05, 0.1) is 11.8 Å². The van der Waals surface area contributed by atoms with Gasteiger partial charge in [-0.1, -0.05) is 0 Å². The Morgan fingerprint density at radius 1 is 1.80 bits per heavy atom. The van der Waals surface area contributed by atoms with Gasteiger partial charge in [0.15, 0.2) is 0 Å². The molecular formula is C3H8N2O3S2. The topological polar surface area (TPSA) is 106 Å². The second-order valence-corrected chi connectivity index (χ2v) is 4.82. The average molecular weight is 184 g/mol. The predicted octanol–water partition coefficient (Wildman–Crippen LogP) is -1.98. The van der Waals surface area contributed by atoms with Crippen molar-refractivity contribution >= 4 is 25.9 Å². The average Bonchev–Trinajstić information content (AvgIpc) is 1.60. The molecule has 0 aromatic rings. The molecule has 5 N–H and O–H groups in total. The maximum atomic E-state index is 10.4. The summed E-state index contributed by atoms with van der Waals surface area (Å²) >= 11 is 4.08. The zero-order valence-electron chi connectivity index (χ0n) is 5.02. The Morgan fingerprint density at radius 2 is 2.20 bits per heavy atom. The minimum atomic E-state index is -3.36. The van der Waals surface area contributed by atoms with Crippen LogP contribution < -0.4 is 11.5 Å². The number of carbonyl (C=O) groups is 1.